The van der Waals surface area contributed by atoms with Crippen LogP contribution in [0, 0.1) is 0 Å². The fraction of sp³-hybridized carbons (Fsp3) is 0.286. The van der Waals surface area contributed by atoms with Crippen molar-refractivity contribution in [3.8, 4) is 11.5 Å². The number of nitrogens with zero attached hydrogens (tertiary/aromatic N) is 5. The fourth-order valence-corrected chi connectivity index (χ4v) is 4.27. The largest absolute Gasteiger partial charge is 0.326 e. The lowest BCUT2D eigenvalue weighted by Gasteiger charge is -2.24. The lowest BCUT2D eigenvalue weighted by Crippen LogP contribution is -2.28. The minimum absolute atomic E-state index is 0.276. The van der Waals surface area contributed by atoms with Crippen molar-refractivity contribution in [3.63, 3.8) is 0 Å². The van der Waals surface area contributed by atoms with Crippen molar-refractivity contribution in [2.75, 3.05) is 13.1 Å². The second-order valence-corrected chi connectivity index (χ2v) is 8.38. The van der Waals surface area contributed by atoms with Gasteiger partial charge in [-0.25, -0.2) is 4.98 Å². The Labute approximate surface area is 171 Å². The van der Waals surface area contributed by atoms with Gasteiger partial charge >= 0.3 is 0 Å². The van der Waals surface area contributed by atoms with Crippen molar-refractivity contribution in [2.24, 2.45) is 5.73 Å². The molecule has 28 heavy (non-hydrogen) atoms. The third-order valence-corrected chi connectivity index (χ3v) is 6.09. The minimum Gasteiger partial charge on any atom is -0.326 e. The van der Waals surface area contributed by atoms with Crippen molar-refractivity contribution in [1.82, 2.24) is 24.5 Å². The molecular weight excluding hydrogens is 416 g/mol. The molecule has 0 bridgehead atoms. The van der Waals surface area contributed by atoms with Crippen molar-refractivity contribution in [2.45, 2.75) is 25.4 Å². The van der Waals surface area contributed by atoms with Crippen LogP contribution >= 0.6 is 15.9 Å². The van der Waals surface area contributed by atoms with Crippen LogP contribution in [0.5, 0.6) is 0 Å². The van der Waals surface area contributed by atoms with Crippen LogP contribution in [0.25, 0.3) is 28.1 Å². The molecule has 4 aromatic rings. The van der Waals surface area contributed by atoms with E-state index in [0.29, 0.717) is 6.04 Å². The summed E-state index contributed by atoms with van der Waals surface area (Å²) >= 11 is 3.52. The van der Waals surface area contributed by atoms with Crippen molar-refractivity contribution in [1.29, 1.82) is 0 Å². The monoisotopic (exact) mass is 436 g/mol. The molecular formula is C21H21BrN6. The summed E-state index contributed by atoms with van der Waals surface area (Å²) in [5, 5.41) is 9.84. The first kappa shape index (κ1) is 17.7. The first-order valence-electron chi connectivity index (χ1n) is 9.49. The van der Waals surface area contributed by atoms with Crippen molar-refractivity contribution >= 4 is 32.5 Å². The molecule has 1 aliphatic heterocycles. The predicted octanol–water partition coefficient (Wildman–Crippen LogP) is 3.80. The average Bonchev–Trinajstić information content (AvgIpc) is 3.32. The Morgan fingerprint density at radius 2 is 2.00 bits per heavy atom. The Morgan fingerprint density at radius 3 is 2.82 bits per heavy atom. The maximum absolute atomic E-state index is 6.09. The van der Waals surface area contributed by atoms with Gasteiger partial charge in [-0.2, -0.15) is 0 Å². The van der Waals surface area contributed by atoms with E-state index in [-0.39, 0.29) is 6.04 Å². The Bertz CT molecular complexity index is 1170. The number of benzene rings is 1. The molecule has 142 valence electrons. The van der Waals surface area contributed by atoms with E-state index in [9.17, 15) is 0 Å². The maximum Gasteiger partial charge on any atom is 0.187 e. The zero-order valence-corrected chi connectivity index (χ0v) is 17.2. The highest BCUT2D eigenvalue weighted by Gasteiger charge is 2.25. The van der Waals surface area contributed by atoms with Gasteiger partial charge in [-0.1, -0.05) is 34.1 Å². The Balaban J connectivity index is 1.57. The number of halogens is 1. The number of nitrogens with two attached hydrogens (primary N) is 1. The van der Waals surface area contributed by atoms with Crippen LogP contribution in [0.4, 0.5) is 0 Å². The third kappa shape index (κ3) is 3.09. The van der Waals surface area contributed by atoms with Gasteiger partial charge in [0.15, 0.2) is 11.5 Å². The quantitative estimate of drug-likeness (QED) is 0.528. The van der Waals surface area contributed by atoms with Crippen molar-refractivity contribution in [3.05, 3.63) is 58.7 Å². The second-order valence-electron chi connectivity index (χ2n) is 7.47. The highest BCUT2D eigenvalue weighted by Crippen LogP contribution is 2.27. The molecule has 6 nitrogen and oxygen atoms in total. The van der Waals surface area contributed by atoms with E-state index >= 15 is 0 Å². The highest BCUT2D eigenvalue weighted by molar-refractivity contribution is 9.10. The third-order valence-electron chi connectivity index (χ3n) is 5.59. The minimum atomic E-state index is 0.276. The molecule has 0 spiro atoms. The summed E-state index contributed by atoms with van der Waals surface area (Å²) in [5.74, 6) is 0.754. The molecule has 0 aliphatic carbocycles. The lowest BCUT2D eigenvalue weighted by molar-refractivity contribution is 0.259. The summed E-state index contributed by atoms with van der Waals surface area (Å²) in [6, 6.07) is 14.9. The smallest absolute Gasteiger partial charge is 0.187 e. The van der Waals surface area contributed by atoms with E-state index in [1.54, 1.807) is 0 Å². The van der Waals surface area contributed by atoms with Crippen LogP contribution in [0.15, 0.2) is 53.1 Å². The summed E-state index contributed by atoms with van der Waals surface area (Å²) in [7, 11) is 0. The first-order valence-corrected chi connectivity index (χ1v) is 10.3. The number of fused-ring (bicyclic) bond motifs is 2. The molecule has 2 N–H and O–H groups in total. The van der Waals surface area contributed by atoms with Crippen molar-refractivity contribution < 1.29 is 0 Å². The molecule has 1 aromatic carbocycles. The van der Waals surface area contributed by atoms with Crippen LogP contribution in [0.1, 0.15) is 24.9 Å². The van der Waals surface area contributed by atoms with E-state index in [2.05, 4.69) is 62.3 Å². The zero-order valence-electron chi connectivity index (χ0n) is 15.6. The molecule has 5 rings (SSSR count). The van der Waals surface area contributed by atoms with Gasteiger partial charge in [-0.05, 0) is 43.2 Å². The van der Waals surface area contributed by atoms with Gasteiger partial charge < -0.3 is 5.73 Å². The summed E-state index contributed by atoms with van der Waals surface area (Å²) in [6.07, 6.45) is 3.19. The van der Waals surface area contributed by atoms with Gasteiger partial charge in [0.1, 0.15) is 5.69 Å². The molecule has 1 aliphatic rings. The van der Waals surface area contributed by atoms with Crippen LogP contribution in [0.2, 0.25) is 0 Å². The molecule has 1 fully saturated rings. The lowest BCUT2D eigenvalue weighted by atomic mass is 10.1. The topological polar surface area (TPSA) is 72.3 Å². The van der Waals surface area contributed by atoms with Crippen LogP contribution < -0.4 is 5.73 Å². The molecule has 0 saturated carbocycles. The number of rotatable bonds is 3. The predicted molar refractivity (Wildman–Crippen MR) is 114 cm³/mol. The van der Waals surface area contributed by atoms with Gasteiger partial charge in [0, 0.05) is 41.2 Å². The molecule has 0 radical (unpaired) electrons. The first-order chi connectivity index (χ1) is 13.6. The van der Waals surface area contributed by atoms with Crippen LogP contribution in [-0.2, 0) is 0 Å². The van der Waals surface area contributed by atoms with Gasteiger partial charge in [-0.15, -0.1) is 10.2 Å². The maximum atomic E-state index is 6.09. The Kier molecular flexibility index (Phi) is 4.38. The van der Waals surface area contributed by atoms with Gasteiger partial charge in [0.05, 0.1) is 5.52 Å². The average molecular weight is 437 g/mol. The van der Waals surface area contributed by atoms with Crippen LogP contribution in [-0.4, -0.2) is 43.6 Å². The summed E-state index contributed by atoms with van der Waals surface area (Å²) in [5.41, 5.74) is 9.88. The highest BCUT2D eigenvalue weighted by atomic mass is 79.9. The zero-order chi connectivity index (χ0) is 19.3. The number of likely N-dealkylation sites (tertiary alicyclic amines) is 1. The van der Waals surface area contributed by atoms with E-state index in [1.807, 2.05) is 28.7 Å². The van der Waals surface area contributed by atoms with E-state index in [4.69, 9.17) is 10.7 Å². The van der Waals surface area contributed by atoms with Crippen LogP contribution in [0.3, 0.4) is 0 Å². The molecule has 0 amide bonds. The van der Waals surface area contributed by atoms with E-state index in [0.717, 1.165) is 52.1 Å². The fourth-order valence-electron chi connectivity index (χ4n) is 3.92. The van der Waals surface area contributed by atoms with Gasteiger partial charge in [0.2, 0.25) is 0 Å². The summed E-state index contributed by atoms with van der Waals surface area (Å²) in [4.78, 5) is 7.24. The molecule has 3 aromatic heterocycles. The Morgan fingerprint density at radius 1 is 1.14 bits per heavy atom. The molecule has 2 atom stereocenters. The molecule has 7 heteroatoms. The summed E-state index contributed by atoms with van der Waals surface area (Å²) in [6.45, 7) is 4.21. The number of pyridine rings is 2. The van der Waals surface area contributed by atoms with Gasteiger partial charge in [0.25, 0.3) is 0 Å². The SMILES string of the molecule is CC(c1ccc2nnc(-c3ccc4ccc(Br)cc4n3)n2c1)N1CC[C@H](N)C1. The van der Waals surface area contributed by atoms with E-state index in [1.165, 1.54) is 5.56 Å². The number of hydrogen-bond acceptors (Lipinski definition) is 5. The number of aromatic nitrogens is 4. The molecule has 1 unspecified atom stereocenters. The summed E-state index contributed by atoms with van der Waals surface area (Å²) < 4.78 is 3.05. The Hall–Kier alpha value is -2.35. The van der Waals surface area contributed by atoms with Gasteiger partial charge in [-0.3, -0.25) is 9.30 Å². The standard InChI is InChI=1S/C21H21BrN6/c1-13(27-9-8-17(23)12-27)15-4-7-20-25-26-21(28(20)11-15)18-6-3-14-2-5-16(22)10-19(14)24-18/h2-7,10-11,13,17H,8-9,12,23H2,1H3/t13?,17-/m0/s1. The van der Waals surface area contributed by atoms with E-state index < -0.39 is 0 Å². The second kappa shape index (κ2) is 6.92. The normalized spacial score (nSPS) is 18.9. The number of hydrogen-bond donors (Lipinski definition) is 1. The molecule has 4 heterocycles. The molecule has 1 saturated heterocycles.